The molecule has 1 atom stereocenters. The molecule has 1 aromatic rings. The summed E-state index contributed by atoms with van der Waals surface area (Å²) in [6, 6.07) is 4.22. The summed E-state index contributed by atoms with van der Waals surface area (Å²) in [5.74, 6) is -1.32. The summed E-state index contributed by atoms with van der Waals surface area (Å²) in [5.41, 5.74) is 6.60. The van der Waals surface area contributed by atoms with Crippen molar-refractivity contribution in [3.63, 3.8) is 0 Å². The van der Waals surface area contributed by atoms with Crippen molar-refractivity contribution in [3.05, 3.63) is 23.8 Å². The molecule has 6 heteroatoms. The Hall–Kier alpha value is -1.04. The predicted molar refractivity (Wildman–Crippen MR) is 52.9 cm³/mol. The van der Waals surface area contributed by atoms with Crippen LogP contribution < -0.4 is 5.73 Å². The smallest absolute Gasteiger partial charge is 0.399 e. The van der Waals surface area contributed by atoms with Gasteiger partial charge in [0.25, 0.3) is 0 Å². The SMILES string of the molecule is Cc1cc(S(=O)CC(F)(F)F)ccc1N. The normalized spacial score (nSPS) is 13.9. The Morgan fingerprint density at radius 1 is 1.40 bits per heavy atom. The van der Waals surface area contributed by atoms with Gasteiger partial charge < -0.3 is 5.73 Å². The van der Waals surface area contributed by atoms with E-state index >= 15 is 0 Å². The van der Waals surface area contributed by atoms with Crippen molar-refractivity contribution in [1.82, 2.24) is 0 Å². The molecule has 0 aliphatic heterocycles. The van der Waals surface area contributed by atoms with E-state index in [4.69, 9.17) is 5.73 Å². The van der Waals surface area contributed by atoms with Crippen LogP contribution in [0.15, 0.2) is 23.1 Å². The molecular weight excluding hydrogens is 227 g/mol. The summed E-state index contributed by atoms with van der Waals surface area (Å²) in [7, 11) is -2.05. The van der Waals surface area contributed by atoms with E-state index in [9.17, 15) is 17.4 Å². The highest BCUT2D eigenvalue weighted by Crippen LogP contribution is 2.21. The maximum absolute atomic E-state index is 12.0. The van der Waals surface area contributed by atoms with Gasteiger partial charge in [0.2, 0.25) is 0 Å². The van der Waals surface area contributed by atoms with Crippen molar-refractivity contribution in [2.24, 2.45) is 0 Å². The molecule has 0 heterocycles. The van der Waals surface area contributed by atoms with Gasteiger partial charge in [-0.15, -0.1) is 0 Å². The van der Waals surface area contributed by atoms with Crippen molar-refractivity contribution in [2.45, 2.75) is 18.0 Å². The van der Waals surface area contributed by atoms with Gasteiger partial charge in [0.05, 0.1) is 10.8 Å². The van der Waals surface area contributed by atoms with Crippen LogP contribution in [-0.4, -0.2) is 16.1 Å². The average Bonchev–Trinajstić information content (AvgIpc) is 2.06. The Morgan fingerprint density at radius 2 is 2.00 bits per heavy atom. The van der Waals surface area contributed by atoms with Gasteiger partial charge >= 0.3 is 6.18 Å². The quantitative estimate of drug-likeness (QED) is 0.802. The molecule has 84 valence electrons. The highest BCUT2D eigenvalue weighted by Gasteiger charge is 2.31. The first-order valence-corrected chi connectivity index (χ1v) is 5.43. The number of rotatable bonds is 2. The maximum Gasteiger partial charge on any atom is 0.400 e. The van der Waals surface area contributed by atoms with Gasteiger partial charge in [-0.3, -0.25) is 4.21 Å². The molecule has 15 heavy (non-hydrogen) atoms. The summed E-state index contributed by atoms with van der Waals surface area (Å²) in [5, 5.41) is 0. The lowest BCUT2D eigenvalue weighted by atomic mass is 10.2. The van der Waals surface area contributed by atoms with E-state index in [1.165, 1.54) is 18.2 Å². The summed E-state index contributed by atoms with van der Waals surface area (Å²) >= 11 is 0. The molecule has 0 aliphatic rings. The van der Waals surface area contributed by atoms with Crippen LogP contribution in [0.25, 0.3) is 0 Å². The van der Waals surface area contributed by atoms with Crippen molar-refractivity contribution >= 4 is 16.5 Å². The summed E-state index contributed by atoms with van der Waals surface area (Å²) in [6.45, 7) is 1.66. The first-order chi connectivity index (χ1) is 6.79. The monoisotopic (exact) mass is 237 g/mol. The lowest BCUT2D eigenvalue weighted by molar-refractivity contribution is -0.105. The van der Waals surface area contributed by atoms with E-state index in [0.29, 0.717) is 11.3 Å². The number of halogens is 3. The second-order valence-electron chi connectivity index (χ2n) is 3.12. The number of alkyl halides is 3. The van der Waals surface area contributed by atoms with Crippen LogP contribution in [0, 0.1) is 6.92 Å². The Labute approximate surface area is 87.7 Å². The molecule has 1 aromatic carbocycles. The van der Waals surface area contributed by atoms with Crippen LogP contribution in [0.3, 0.4) is 0 Å². The number of hydrogen-bond acceptors (Lipinski definition) is 2. The first kappa shape index (κ1) is 12.0. The number of nitrogen functional groups attached to an aromatic ring is 1. The minimum atomic E-state index is -4.42. The molecule has 0 spiro atoms. The van der Waals surface area contributed by atoms with E-state index in [1.54, 1.807) is 6.92 Å². The van der Waals surface area contributed by atoms with E-state index in [2.05, 4.69) is 0 Å². The van der Waals surface area contributed by atoms with E-state index in [-0.39, 0.29) is 4.90 Å². The minimum absolute atomic E-state index is 0.152. The zero-order chi connectivity index (χ0) is 11.6. The number of hydrogen-bond donors (Lipinski definition) is 1. The van der Waals surface area contributed by atoms with Crippen molar-refractivity contribution in [3.8, 4) is 0 Å². The predicted octanol–water partition coefficient (Wildman–Crippen LogP) is 2.25. The third-order valence-electron chi connectivity index (χ3n) is 1.80. The maximum atomic E-state index is 12.0. The van der Waals surface area contributed by atoms with Crippen LogP contribution >= 0.6 is 0 Å². The molecule has 0 saturated heterocycles. The van der Waals surface area contributed by atoms with Gasteiger partial charge in [0.15, 0.2) is 0 Å². The van der Waals surface area contributed by atoms with Crippen molar-refractivity contribution in [2.75, 3.05) is 11.5 Å². The van der Waals surface area contributed by atoms with Gasteiger partial charge in [-0.25, -0.2) is 0 Å². The number of nitrogens with two attached hydrogens (primary N) is 1. The Morgan fingerprint density at radius 3 is 2.47 bits per heavy atom. The molecule has 1 unspecified atom stereocenters. The zero-order valence-electron chi connectivity index (χ0n) is 7.97. The summed E-state index contributed by atoms with van der Waals surface area (Å²) in [6.07, 6.45) is -4.42. The van der Waals surface area contributed by atoms with Crippen LogP contribution in [0.2, 0.25) is 0 Å². The second kappa shape index (κ2) is 4.22. The van der Waals surface area contributed by atoms with Crippen LogP contribution in [0.1, 0.15) is 5.56 Å². The minimum Gasteiger partial charge on any atom is -0.399 e. The molecule has 0 radical (unpaired) electrons. The van der Waals surface area contributed by atoms with Gasteiger partial charge in [0, 0.05) is 10.6 Å². The molecule has 0 aromatic heterocycles. The first-order valence-electron chi connectivity index (χ1n) is 4.11. The molecule has 0 amide bonds. The second-order valence-corrected chi connectivity index (χ2v) is 4.57. The molecule has 2 N–H and O–H groups in total. The highest BCUT2D eigenvalue weighted by molar-refractivity contribution is 7.85. The van der Waals surface area contributed by atoms with E-state index < -0.39 is 22.7 Å². The summed E-state index contributed by atoms with van der Waals surface area (Å²) in [4.78, 5) is 0.152. The van der Waals surface area contributed by atoms with E-state index in [0.717, 1.165) is 0 Å². The molecular formula is C9H10F3NOS. The molecule has 2 nitrogen and oxygen atoms in total. The van der Waals surface area contributed by atoms with Crippen molar-refractivity contribution in [1.29, 1.82) is 0 Å². The van der Waals surface area contributed by atoms with Gasteiger partial charge in [-0.2, -0.15) is 13.2 Å². The van der Waals surface area contributed by atoms with Crippen LogP contribution in [0.5, 0.6) is 0 Å². The standard InChI is InChI=1S/C9H10F3NOS/c1-6-4-7(2-3-8(6)13)15(14)5-9(10,11)12/h2-4H,5,13H2,1H3. The third-order valence-corrected chi connectivity index (χ3v) is 3.17. The molecule has 0 saturated carbocycles. The Bertz CT molecular complexity index is 389. The fourth-order valence-electron chi connectivity index (χ4n) is 1.02. The number of anilines is 1. The van der Waals surface area contributed by atoms with Crippen LogP contribution in [0.4, 0.5) is 18.9 Å². The average molecular weight is 237 g/mol. The topological polar surface area (TPSA) is 43.1 Å². The third kappa shape index (κ3) is 3.54. The largest absolute Gasteiger partial charge is 0.400 e. The van der Waals surface area contributed by atoms with Crippen molar-refractivity contribution < 1.29 is 17.4 Å². The van der Waals surface area contributed by atoms with Crippen LogP contribution in [-0.2, 0) is 10.8 Å². The Kier molecular flexibility index (Phi) is 3.38. The Balaban J connectivity index is 2.88. The van der Waals surface area contributed by atoms with E-state index in [1.807, 2.05) is 0 Å². The molecule has 0 bridgehead atoms. The highest BCUT2D eigenvalue weighted by atomic mass is 32.2. The van der Waals surface area contributed by atoms with Gasteiger partial charge in [-0.1, -0.05) is 0 Å². The molecule has 0 aliphatic carbocycles. The van der Waals surface area contributed by atoms with Gasteiger partial charge in [-0.05, 0) is 30.7 Å². The lowest BCUT2D eigenvalue weighted by Gasteiger charge is -2.07. The fraction of sp³-hybridized carbons (Fsp3) is 0.333. The number of aryl methyl sites for hydroxylation is 1. The summed E-state index contributed by atoms with van der Waals surface area (Å²) < 4.78 is 47.1. The lowest BCUT2D eigenvalue weighted by Crippen LogP contribution is -2.18. The zero-order valence-corrected chi connectivity index (χ0v) is 8.78. The number of benzene rings is 1. The molecule has 1 rings (SSSR count). The fourth-order valence-corrected chi connectivity index (χ4v) is 2.01. The molecule has 0 fully saturated rings. The van der Waals surface area contributed by atoms with Gasteiger partial charge in [0.1, 0.15) is 5.75 Å².